The number of ketones is 1. The Hall–Kier alpha value is -3.92. The van der Waals surface area contributed by atoms with Gasteiger partial charge in [-0.05, 0) is 49.8 Å². The second kappa shape index (κ2) is 9.62. The second-order valence-corrected chi connectivity index (χ2v) is 8.08. The van der Waals surface area contributed by atoms with E-state index in [1.54, 1.807) is 24.3 Å². The zero-order chi connectivity index (χ0) is 26.3. The normalized spacial score (nSPS) is 14.4. The van der Waals surface area contributed by atoms with E-state index in [-0.39, 0.29) is 28.4 Å². The molecule has 1 unspecified atom stereocenters. The molecule has 0 N–H and O–H groups in total. The van der Waals surface area contributed by atoms with Gasteiger partial charge in [-0.3, -0.25) is 4.79 Å². The third-order valence-corrected chi connectivity index (χ3v) is 5.42. The summed E-state index contributed by atoms with van der Waals surface area (Å²) in [4.78, 5) is 25.2. The lowest BCUT2D eigenvalue weighted by atomic mass is 10.1. The van der Waals surface area contributed by atoms with Gasteiger partial charge in [0.25, 0.3) is 0 Å². The Bertz CT molecular complexity index is 1420. The number of rotatable bonds is 5. The topological polar surface area (TPSA) is 61.8 Å². The van der Waals surface area contributed by atoms with Crippen LogP contribution in [0.4, 0.5) is 22.0 Å². The van der Waals surface area contributed by atoms with Crippen molar-refractivity contribution in [2.24, 2.45) is 0 Å². The number of carbonyl (C=O) groups is 2. The molecule has 11 heteroatoms. The Morgan fingerprint density at radius 2 is 1.64 bits per heavy atom. The highest BCUT2D eigenvalue weighted by atomic mass is 35.5. The summed E-state index contributed by atoms with van der Waals surface area (Å²) in [7, 11) is 0. The minimum absolute atomic E-state index is 0.00172. The van der Waals surface area contributed by atoms with Crippen LogP contribution in [-0.4, -0.2) is 17.9 Å². The molecular weight excluding hydrogens is 511 g/mol. The fourth-order valence-electron chi connectivity index (χ4n) is 3.33. The number of halogens is 6. The van der Waals surface area contributed by atoms with E-state index in [4.69, 9.17) is 25.8 Å². The largest absolute Gasteiger partial charge is 0.473 e. The van der Waals surface area contributed by atoms with Gasteiger partial charge in [-0.15, -0.1) is 0 Å². The van der Waals surface area contributed by atoms with Crippen LogP contribution in [0.15, 0.2) is 42.2 Å². The van der Waals surface area contributed by atoms with Crippen LogP contribution in [0.5, 0.6) is 17.2 Å². The summed E-state index contributed by atoms with van der Waals surface area (Å²) in [6.45, 7) is 2.49. The molecule has 0 aliphatic carbocycles. The van der Waals surface area contributed by atoms with Crippen molar-refractivity contribution < 1.29 is 45.8 Å². The number of carbonyl (C=O) groups excluding carboxylic acids is 2. The Morgan fingerprint density at radius 1 is 1.00 bits per heavy atom. The van der Waals surface area contributed by atoms with Crippen LogP contribution in [0.1, 0.15) is 28.4 Å². The first-order chi connectivity index (χ1) is 17.0. The average Bonchev–Trinajstić information content (AvgIpc) is 3.16. The van der Waals surface area contributed by atoms with Gasteiger partial charge in [-0.2, -0.15) is 8.78 Å². The highest BCUT2D eigenvalue weighted by Gasteiger charge is 2.32. The molecule has 0 fully saturated rings. The average molecular weight is 525 g/mol. The van der Waals surface area contributed by atoms with Crippen molar-refractivity contribution in [3.63, 3.8) is 0 Å². The van der Waals surface area contributed by atoms with Crippen molar-refractivity contribution in [2.75, 3.05) is 0 Å². The molecule has 0 amide bonds. The number of Topliss-reactive ketones (excluding diaryl/α,β-unsaturated/α-hetero) is 1. The number of hydrogen-bond acceptors (Lipinski definition) is 5. The summed E-state index contributed by atoms with van der Waals surface area (Å²) < 4.78 is 83.2. The van der Waals surface area contributed by atoms with Crippen molar-refractivity contribution in [1.29, 1.82) is 0 Å². The summed E-state index contributed by atoms with van der Waals surface area (Å²) in [5.41, 5.74) is 1.06. The minimum atomic E-state index is -2.36. The first-order valence-corrected chi connectivity index (χ1v) is 10.6. The predicted molar refractivity (Wildman–Crippen MR) is 118 cm³/mol. The third kappa shape index (κ3) is 4.51. The Balaban J connectivity index is 1.54. The van der Waals surface area contributed by atoms with Crippen molar-refractivity contribution in [3.05, 3.63) is 93.0 Å². The lowest BCUT2D eigenvalue weighted by Gasteiger charge is -2.16. The van der Waals surface area contributed by atoms with Crippen LogP contribution < -0.4 is 14.2 Å². The van der Waals surface area contributed by atoms with E-state index in [0.717, 1.165) is 6.92 Å². The molecule has 36 heavy (non-hydrogen) atoms. The summed E-state index contributed by atoms with van der Waals surface area (Å²) in [6, 6.07) is 9.34. The number of allylic oxidation sites excluding steroid dienone is 1. The molecule has 0 radical (unpaired) electrons. The van der Waals surface area contributed by atoms with E-state index in [1.165, 1.54) is 25.1 Å². The van der Waals surface area contributed by atoms with Gasteiger partial charge in [0.2, 0.25) is 34.9 Å². The van der Waals surface area contributed by atoms with E-state index < -0.39 is 52.7 Å². The van der Waals surface area contributed by atoms with Crippen molar-refractivity contribution in [2.45, 2.75) is 20.0 Å². The maximum atomic E-state index is 13.9. The maximum absolute atomic E-state index is 13.9. The monoisotopic (exact) mass is 524 g/mol. The fourth-order valence-corrected chi connectivity index (χ4v) is 3.53. The summed E-state index contributed by atoms with van der Waals surface area (Å²) in [6.07, 6.45) is -0.286. The smallest absolute Gasteiger partial charge is 0.352 e. The van der Waals surface area contributed by atoms with E-state index in [9.17, 15) is 31.5 Å². The van der Waals surface area contributed by atoms with Crippen LogP contribution in [0.3, 0.4) is 0 Å². The molecule has 186 valence electrons. The minimum Gasteiger partial charge on any atom is -0.473 e. The molecule has 5 nitrogen and oxygen atoms in total. The van der Waals surface area contributed by atoms with Crippen molar-refractivity contribution >= 4 is 29.4 Å². The maximum Gasteiger partial charge on any atom is 0.352 e. The molecule has 1 aliphatic rings. The number of fused-ring (bicyclic) bond motifs is 1. The van der Waals surface area contributed by atoms with E-state index >= 15 is 0 Å². The SMILES string of the molecule is Cc1c(OC(=O)C(C)Oc2c(F)c(F)c(F)c(F)c2F)ccc2c1O/C(=C\c1cccc(Cl)c1)C2=O. The summed E-state index contributed by atoms with van der Waals surface area (Å²) in [5.74, 6) is -14.5. The molecule has 1 atom stereocenters. The van der Waals surface area contributed by atoms with Gasteiger partial charge in [0, 0.05) is 10.6 Å². The van der Waals surface area contributed by atoms with Crippen LogP contribution in [0.25, 0.3) is 6.08 Å². The molecule has 0 aromatic heterocycles. The van der Waals surface area contributed by atoms with Gasteiger partial charge >= 0.3 is 5.97 Å². The van der Waals surface area contributed by atoms with Gasteiger partial charge in [0.1, 0.15) is 11.5 Å². The quantitative estimate of drug-likeness (QED) is 0.0974. The Labute approximate surface area is 205 Å². The summed E-state index contributed by atoms with van der Waals surface area (Å²) >= 11 is 5.96. The lowest BCUT2D eigenvalue weighted by Crippen LogP contribution is -2.29. The van der Waals surface area contributed by atoms with Gasteiger partial charge in [0.05, 0.1) is 5.56 Å². The van der Waals surface area contributed by atoms with E-state index in [0.29, 0.717) is 10.6 Å². The zero-order valence-corrected chi connectivity index (χ0v) is 19.2. The summed E-state index contributed by atoms with van der Waals surface area (Å²) in [5, 5.41) is 0.458. The van der Waals surface area contributed by atoms with Gasteiger partial charge in [-0.25, -0.2) is 18.0 Å². The molecule has 1 aliphatic heterocycles. The van der Waals surface area contributed by atoms with Crippen LogP contribution in [0.2, 0.25) is 5.02 Å². The van der Waals surface area contributed by atoms with Crippen molar-refractivity contribution in [3.8, 4) is 17.2 Å². The van der Waals surface area contributed by atoms with Crippen LogP contribution in [0, 0.1) is 36.0 Å². The van der Waals surface area contributed by atoms with Gasteiger partial charge in [-0.1, -0.05) is 23.7 Å². The highest BCUT2D eigenvalue weighted by Crippen LogP contribution is 2.39. The van der Waals surface area contributed by atoms with Gasteiger partial charge < -0.3 is 14.2 Å². The lowest BCUT2D eigenvalue weighted by molar-refractivity contribution is -0.141. The highest BCUT2D eigenvalue weighted by molar-refractivity contribution is 6.30. The van der Waals surface area contributed by atoms with Crippen molar-refractivity contribution in [1.82, 2.24) is 0 Å². The molecule has 4 rings (SSSR count). The Kier molecular flexibility index (Phi) is 6.73. The predicted octanol–water partition coefficient (Wildman–Crippen LogP) is 6.33. The van der Waals surface area contributed by atoms with Crippen LogP contribution in [-0.2, 0) is 4.79 Å². The number of esters is 1. The van der Waals surface area contributed by atoms with Crippen LogP contribution >= 0.6 is 11.6 Å². The molecule has 0 bridgehead atoms. The molecule has 3 aromatic carbocycles. The molecule has 1 heterocycles. The first-order valence-electron chi connectivity index (χ1n) is 10.2. The molecule has 0 spiro atoms. The molecule has 0 saturated carbocycles. The third-order valence-electron chi connectivity index (χ3n) is 5.19. The number of benzene rings is 3. The first kappa shape index (κ1) is 25.2. The molecule has 0 saturated heterocycles. The van der Waals surface area contributed by atoms with E-state index in [1.807, 2.05) is 0 Å². The number of ether oxygens (including phenoxy) is 3. The molecular formula is C25H14ClF5O5. The fraction of sp³-hybridized carbons (Fsp3) is 0.120. The van der Waals surface area contributed by atoms with Gasteiger partial charge in [0.15, 0.2) is 17.6 Å². The van der Waals surface area contributed by atoms with E-state index in [2.05, 4.69) is 0 Å². The Morgan fingerprint density at radius 3 is 2.28 bits per heavy atom. The standard InChI is InChI=1S/C25H14ClF5O5/c1-10-15(36-25(33)11(2)34-24-20(30)18(28)17(27)19(29)21(24)31)7-6-14-22(32)16(35-23(10)14)9-12-4-3-5-13(26)8-12/h3-9,11H,1-2H3/b16-9-. The molecule has 3 aromatic rings. The number of hydrogen-bond donors (Lipinski definition) is 0. The second-order valence-electron chi connectivity index (χ2n) is 7.64. The zero-order valence-electron chi connectivity index (χ0n) is 18.4.